The van der Waals surface area contributed by atoms with Gasteiger partial charge in [0.2, 0.25) is 0 Å². The molecule has 9 nitrogen and oxygen atoms in total. The molecule has 10 heteroatoms. The molecule has 0 radical (unpaired) electrons. The molecule has 2 aliphatic rings. The Balaban J connectivity index is 1.36. The highest BCUT2D eigenvalue weighted by atomic mass is 32.1. The second kappa shape index (κ2) is 10.8. The van der Waals surface area contributed by atoms with Crippen molar-refractivity contribution < 1.29 is 14.5 Å². The summed E-state index contributed by atoms with van der Waals surface area (Å²) in [5, 5.41) is 14.9. The Bertz CT molecular complexity index is 1120. The SMILES string of the molecule is CC(C)(C)c1ccc(C(=O)NC(=S)N2CCN(c3ccc([N+](=O)[O-])c(N4CCOCC4)c3)CC2)cc1. The number of anilines is 2. The van der Waals surface area contributed by atoms with Crippen LogP contribution in [0, 0.1) is 10.1 Å². The number of carbonyl (C=O) groups is 1. The largest absolute Gasteiger partial charge is 0.378 e. The van der Waals surface area contributed by atoms with Crippen LogP contribution < -0.4 is 15.1 Å². The van der Waals surface area contributed by atoms with Gasteiger partial charge in [0, 0.05) is 56.6 Å². The number of nitrogens with one attached hydrogen (secondary N) is 1. The third kappa shape index (κ3) is 5.93. The first-order valence-corrected chi connectivity index (χ1v) is 12.6. The van der Waals surface area contributed by atoms with Gasteiger partial charge in [0.25, 0.3) is 11.6 Å². The Morgan fingerprint density at radius 3 is 2.19 bits per heavy atom. The number of amides is 1. The molecule has 1 N–H and O–H groups in total. The highest BCUT2D eigenvalue weighted by Crippen LogP contribution is 2.33. The molecule has 0 unspecified atom stereocenters. The van der Waals surface area contributed by atoms with Gasteiger partial charge in [-0.15, -0.1) is 0 Å². The molecule has 2 saturated heterocycles. The molecule has 0 aliphatic carbocycles. The summed E-state index contributed by atoms with van der Waals surface area (Å²) in [6.07, 6.45) is 0. The van der Waals surface area contributed by atoms with Crippen molar-refractivity contribution in [3.8, 4) is 0 Å². The lowest BCUT2D eigenvalue weighted by atomic mass is 9.87. The lowest BCUT2D eigenvalue weighted by Gasteiger charge is -2.37. The highest BCUT2D eigenvalue weighted by Gasteiger charge is 2.25. The molecule has 2 fully saturated rings. The maximum atomic E-state index is 12.7. The molecule has 0 spiro atoms. The van der Waals surface area contributed by atoms with E-state index in [9.17, 15) is 14.9 Å². The monoisotopic (exact) mass is 511 g/mol. The minimum atomic E-state index is -0.329. The minimum absolute atomic E-state index is 0.0244. The highest BCUT2D eigenvalue weighted by molar-refractivity contribution is 7.80. The fraction of sp³-hybridized carbons (Fsp3) is 0.462. The van der Waals surface area contributed by atoms with Gasteiger partial charge in [-0.2, -0.15) is 0 Å². The quantitative estimate of drug-likeness (QED) is 0.379. The van der Waals surface area contributed by atoms with Crippen LogP contribution in [0.1, 0.15) is 36.7 Å². The van der Waals surface area contributed by atoms with Gasteiger partial charge in [-0.25, -0.2) is 0 Å². The molecule has 36 heavy (non-hydrogen) atoms. The number of benzene rings is 2. The zero-order valence-corrected chi connectivity index (χ0v) is 21.8. The van der Waals surface area contributed by atoms with E-state index in [0.717, 1.165) is 5.69 Å². The molecule has 0 bridgehead atoms. The van der Waals surface area contributed by atoms with E-state index >= 15 is 0 Å². The second-order valence-corrected chi connectivity index (χ2v) is 10.5. The Labute approximate surface area is 217 Å². The van der Waals surface area contributed by atoms with Gasteiger partial charge in [0.05, 0.1) is 18.1 Å². The molecule has 2 heterocycles. The standard InChI is InChI=1S/C26H33N5O4S/c1-26(2,3)20-6-4-19(5-7-20)24(32)27-25(36)30-12-10-28(11-13-30)21-8-9-22(31(33)34)23(18-21)29-14-16-35-17-15-29/h4-9,18H,10-17H2,1-3H3,(H,27,32,36). The number of hydrogen-bond acceptors (Lipinski definition) is 7. The minimum Gasteiger partial charge on any atom is -0.378 e. The van der Waals surface area contributed by atoms with Gasteiger partial charge >= 0.3 is 0 Å². The van der Waals surface area contributed by atoms with Crippen LogP contribution >= 0.6 is 12.2 Å². The molecule has 0 atom stereocenters. The molecule has 0 saturated carbocycles. The molecule has 1 amide bonds. The van der Waals surface area contributed by atoms with Gasteiger partial charge in [-0.05, 0) is 47.5 Å². The number of piperazine rings is 1. The number of thiocarbonyl (C=S) groups is 1. The number of nitro benzene ring substituents is 1. The molecular weight excluding hydrogens is 478 g/mol. The average molecular weight is 512 g/mol. The normalized spacial score (nSPS) is 16.6. The summed E-state index contributed by atoms with van der Waals surface area (Å²) in [6, 6.07) is 12.9. The van der Waals surface area contributed by atoms with Crippen molar-refractivity contribution in [3.63, 3.8) is 0 Å². The number of morpholine rings is 1. The molecule has 2 aromatic carbocycles. The van der Waals surface area contributed by atoms with Crippen LogP contribution in [0.2, 0.25) is 0 Å². The van der Waals surface area contributed by atoms with Crippen LogP contribution in [0.5, 0.6) is 0 Å². The summed E-state index contributed by atoms with van der Waals surface area (Å²) in [5.41, 5.74) is 3.44. The summed E-state index contributed by atoms with van der Waals surface area (Å²) in [5.74, 6) is -0.214. The summed E-state index contributed by atoms with van der Waals surface area (Å²) >= 11 is 5.52. The number of rotatable bonds is 4. The predicted octanol–water partition coefficient (Wildman–Crippen LogP) is 3.57. The van der Waals surface area contributed by atoms with Gasteiger partial charge in [-0.3, -0.25) is 20.2 Å². The first-order valence-electron chi connectivity index (χ1n) is 12.2. The first kappa shape index (κ1) is 25.8. The smallest absolute Gasteiger partial charge is 0.292 e. The van der Waals surface area contributed by atoms with E-state index in [1.807, 2.05) is 40.1 Å². The fourth-order valence-electron chi connectivity index (χ4n) is 4.46. The van der Waals surface area contributed by atoms with Gasteiger partial charge in [0.1, 0.15) is 5.69 Å². The summed E-state index contributed by atoms with van der Waals surface area (Å²) in [4.78, 5) is 30.2. The van der Waals surface area contributed by atoms with Crippen LogP contribution in [0.4, 0.5) is 17.1 Å². The topological polar surface area (TPSA) is 91.2 Å². The summed E-state index contributed by atoms with van der Waals surface area (Å²) in [7, 11) is 0. The van der Waals surface area contributed by atoms with Crippen LogP contribution in [0.3, 0.4) is 0 Å². The zero-order chi connectivity index (χ0) is 25.9. The van der Waals surface area contributed by atoms with E-state index < -0.39 is 0 Å². The van der Waals surface area contributed by atoms with Crippen molar-refractivity contribution in [1.29, 1.82) is 0 Å². The maximum absolute atomic E-state index is 12.7. The number of nitro groups is 1. The Morgan fingerprint density at radius 2 is 1.61 bits per heavy atom. The lowest BCUT2D eigenvalue weighted by Crippen LogP contribution is -2.52. The molecule has 192 valence electrons. The average Bonchev–Trinajstić information content (AvgIpc) is 2.88. The van der Waals surface area contributed by atoms with Gasteiger partial charge in [0.15, 0.2) is 5.11 Å². The van der Waals surface area contributed by atoms with E-state index in [-0.39, 0.29) is 21.9 Å². The van der Waals surface area contributed by atoms with Crippen LogP contribution in [0.15, 0.2) is 42.5 Å². The second-order valence-electron chi connectivity index (χ2n) is 10.1. The van der Waals surface area contributed by atoms with E-state index in [1.165, 1.54) is 5.56 Å². The summed E-state index contributed by atoms with van der Waals surface area (Å²) in [6.45, 7) is 11.5. The lowest BCUT2D eigenvalue weighted by molar-refractivity contribution is -0.384. The Morgan fingerprint density at radius 1 is 0.972 bits per heavy atom. The third-order valence-corrected chi connectivity index (χ3v) is 7.03. The van der Waals surface area contributed by atoms with Crippen molar-refractivity contribution in [2.45, 2.75) is 26.2 Å². The third-order valence-electron chi connectivity index (χ3n) is 6.67. The molecule has 2 aromatic rings. The van der Waals surface area contributed by atoms with Crippen LogP contribution in [0.25, 0.3) is 0 Å². The first-order chi connectivity index (χ1) is 17.1. The van der Waals surface area contributed by atoms with Crippen molar-refractivity contribution in [2.75, 3.05) is 62.3 Å². The molecule has 2 aliphatic heterocycles. The summed E-state index contributed by atoms with van der Waals surface area (Å²) < 4.78 is 5.41. The molecular formula is C26H33N5O4S. The van der Waals surface area contributed by atoms with Crippen LogP contribution in [-0.2, 0) is 10.2 Å². The van der Waals surface area contributed by atoms with Crippen LogP contribution in [-0.4, -0.2) is 73.3 Å². The zero-order valence-electron chi connectivity index (χ0n) is 21.0. The van der Waals surface area contributed by atoms with E-state index in [2.05, 4.69) is 31.0 Å². The number of ether oxygens (including phenoxy) is 1. The van der Waals surface area contributed by atoms with Gasteiger partial charge < -0.3 is 19.4 Å². The van der Waals surface area contributed by atoms with Crippen molar-refractivity contribution in [2.24, 2.45) is 0 Å². The Hall–Kier alpha value is -3.24. The number of nitrogens with zero attached hydrogens (tertiary/aromatic N) is 4. The number of carbonyl (C=O) groups excluding carboxylic acids is 1. The van der Waals surface area contributed by atoms with E-state index in [1.54, 1.807) is 12.1 Å². The number of hydrogen-bond donors (Lipinski definition) is 1. The predicted molar refractivity (Wildman–Crippen MR) is 145 cm³/mol. The van der Waals surface area contributed by atoms with Gasteiger partial charge in [-0.1, -0.05) is 32.9 Å². The molecule has 4 rings (SSSR count). The van der Waals surface area contributed by atoms with E-state index in [4.69, 9.17) is 17.0 Å². The van der Waals surface area contributed by atoms with E-state index in [0.29, 0.717) is 68.8 Å². The molecule has 0 aromatic heterocycles. The van der Waals surface area contributed by atoms with Crippen molar-refractivity contribution in [3.05, 3.63) is 63.7 Å². The fourth-order valence-corrected chi connectivity index (χ4v) is 4.73. The van der Waals surface area contributed by atoms with Crippen molar-refractivity contribution >= 4 is 40.3 Å². The Kier molecular flexibility index (Phi) is 7.75. The maximum Gasteiger partial charge on any atom is 0.292 e. The van der Waals surface area contributed by atoms with Crippen molar-refractivity contribution in [1.82, 2.24) is 10.2 Å².